The predicted octanol–water partition coefficient (Wildman–Crippen LogP) is 16.9. The number of fused-ring (bicyclic) bond motifs is 4. The number of nitrogens with zero attached hydrogens (tertiary/aromatic N) is 11. The number of halogens is 3. The number of amides is 4. The number of benzene rings is 8. The zero-order chi connectivity index (χ0) is 85.0. The minimum atomic E-state index is -0.123. The largest absolute Gasteiger partial charge is 0.495 e. The first-order valence-corrected chi connectivity index (χ1v) is 43.6. The Bertz CT molecular complexity index is 5740. The molecule has 4 amide bonds. The van der Waals surface area contributed by atoms with Crippen LogP contribution in [0, 0.1) is 0 Å². The van der Waals surface area contributed by atoms with Crippen LogP contribution in [0.3, 0.4) is 0 Å². The summed E-state index contributed by atoms with van der Waals surface area (Å²) in [5, 5.41) is 17.9. The quantitative estimate of drug-likeness (QED) is 0.0367. The topological polar surface area (TPSA) is 224 Å². The number of piperidine rings is 2. The van der Waals surface area contributed by atoms with Gasteiger partial charge in [-0.25, -0.2) is 0 Å². The number of likely N-dealkylation sites (tertiary alicyclic amines) is 2. The zero-order valence-corrected chi connectivity index (χ0v) is 72.1. The van der Waals surface area contributed by atoms with Crippen molar-refractivity contribution in [2.45, 2.75) is 103 Å². The van der Waals surface area contributed by atoms with E-state index in [1.54, 1.807) is 33.7 Å². The molecule has 5 aromatic heterocycles. The van der Waals surface area contributed by atoms with E-state index in [1.807, 2.05) is 205 Å². The van der Waals surface area contributed by atoms with Gasteiger partial charge in [0.1, 0.15) is 29.6 Å². The molecule has 13 aromatic rings. The molecule has 3 fully saturated rings. The molecule has 123 heavy (non-hydrogen) atoms. The third-order valence-electron chi connectivity index (χ3n) is 23.6. The molecule has 3 saturated heterocycles. The standard InChI is InChI=1S/C33H35ClN4O3.C32H33ClN6O3.C32H37ClN4O3/c1-41-30-12-5-10-27-28(33(40)35-21-23-7-4-9-25(34)19-23)22-37(32(27)30)16-6-15-36-17-13-26(14-18-36)38-29-11-3-2-8-24(29)20-31(38)39;1-41-28-10-3-9-26-27(31(40)35-19-22-6-2-8-25(33)18-22)21-39(29(26)28)15-5-14-38-16-11-23(12-17-38)32-36-30(37-42-32)24-7-4-13-34-20-24;1-39-30-13-6-12-28-29(32(38)34-23-25-8-5-9-26(33)22-25)24-37(31(28)30)15-7-14-35-16-18-36(19-17-35)20-21-40-27-10-3-2-4-11-27/h2-5,7-12,19,22,26H,6,13-18,20-21H2,1H3,(H,35,40);2-4,6-10,13,18,20-21,23H,5,11-12,14-17,19H2,1H3,(H,35,40);2-6,8-13,22,24H,7,14-21,23H2,1H3,(H,34,38). The van der Waals surface area contributed by atoms with E-state index in [2.05, 4.69) is 76.5 Å². The Kier molecular flexibility index (Phi) is 29.5. The molecule has 0 atom stereocenters. The summed E-state index contributed by atoms with van der Waals surface area (Å²) in [6.07, 6.45) is 16.7. The molecule has 3 N–H and O–H groups in total. The van der Waals surface area contributed by atoms with Crippen molar-refractivity contribution in [1.82, 2.24) is 64.4 Å². The molecular formula is C97H105Cl3N14O9. The van der Waals surface area contributed by atoms with Crippen LogP contribution in [0.4, 0.5) is 5.69 Å². The number of piperazine rings is 1. The Balaban J connectivity index is 0.000000143. The van der Waals surface area contributed by atoms with Crippen molar-refractivity contribution < 1.29 is 42.6 Å². The number of anilines is 1. The average Bonchev–Trinajstić information content (AvgIpc) is 1.64. The maximum Gasteiger partial charge on any atom is 0.253 e. The molecular weight excluding hydrogens is 1610 g/mol. The first-order chi connectivity index (χ1) is 60.2. The number of methoxy groups -OCH3 is 3. The van der Waals surface area contributed by atoms with Crippen molar-refractivity contribution >= 4 is 96.8 Å². The highest BCUT2D eigenvalue weighted by atomic mass is 35.5. The second-order valence-corrected chi connectivity index (χ2v) is 32.9. The van der Waals surface area contributed by atoms with Crippen molar-refractivity contribution in [2.75, 3.05) is 111 Å². The van der Waals surface area contributed by atoms with Gasteiger partial charge in [-0.05, 0) is 185 Å². The highest BCUT2D eigenvalue weighted by molar-refractivity contribution is 6.31. The molecule has 9 heterocycles. The van der Waals surface area contributed by atoms with Crippen molar-refractivity contribution in [1.29, 1.82) is 0 Å². The number of ether oxygens (including phenoxy) is 4. The fraction of sp³-hybridized carbons (Fsp3) is 0.330. The molecule has 0 saturated carbocycles. The fourth-order valence-electron chi connectivity index (χ4n) is 17.3. The third kappa shape index (κ3) is 21.9. The van der Waals surface area contributed by atoms with E-state index >= 15 is 0 Å². The Labute approximate surface area is 732 Å². The number of aromatic nitrogens is 6. The van der Waals surface area contributed by atoms with Crippen molar-refractivity contribution in [3.05, 3.63) is 285 Å². The van der Waals surface area contributed by atoms with Gasteiger partial charge in [-0.15, -0.1) is 0 Å². The summed E-state index contributed by atoms with van der Waals surface area (Å²) in [4.78, 5) is 73.3. The summed E-state index contributed by atoms with van der Waals surface area (Å²) in [6.45, 7) is 16.3. The van der Waals surface area contributed by atoms with Crippen molar-refractivity contribution in [3.8, 4) is 34.4 Å². The average molecular weight is 1720 g/mol. The first kappa shape index (κ1) is 86.4. The maximum atomic E-state index is 13.3. The minimum absolute atomic E-state index is 0.107. The molecule has 23 nitrogen and oxygen atoms in total. The van der Waals surface area contributed by atoms with E-state index in [0.29, 0.717) is 76.1 Å². The van der Waals surface area contributed by atoms with Gasteiger partial charge in [-0.3, -0.25) is 29.1 Å². The van der Waals surface area contributed by atoms with Crippen molar-refractivity contribution in [3.63, 3.8) is 0 Å². The Morgan fingerprint density at radius 3 is 1.34 bits per heavy atom. The Morgan fingerprint density at radius 1 is 0.463 bits per heavy atom. The van der Waals surface area contributed by atoms with Crippen LogP contribution < -0.4 is 39.8 Å². The van der Waals surface area contributed by atoms with Gasteiger partial charge in [0.25, 0.3) is 17.7 Å². The molecule has 638 valence electrons. The van der Waals surface area contributed by atoms with Crippen LogP contribution in [0.5, 0.6) is 23.0 Å². The van der Waals surface area contributed by atoms with Gasteiger partial charge in [-0.1, -0.05) is 149 Å². The Hall–Kier alpha value is -11.5. The van der Waals surface area contributed by atoms with Crippen LogP contribution in [0.1, 0.15) is 110 Å². The molecule has 26 heteroatoms. The van der Waals surface area contributed by atoms with E-state index < -0.39 is 0 Å². The number of carbonyl (C=O) groups is 4. The van der Waals surface area contributed by atoms with E-state index in [4.69, 9.17) is 58.3 Å². The van der Waals surface area contributed by atoms with Crippen LogP contribution >= 0.6 is 34.8 Å². The van der Waals surface area contributed by atoms with Crippen LogP contribution in [0.25, 0.3) is 44.1 Å². The molecule has 0 radical (unpaired) electrons. The summed E-state index contributed by atoms with van der Waals surface area (Å²) >= 11 is 18.3. The van der Waals surface area contributed by atoms with E-state index in [0.717, 1.165) is 232 Å². The van der Waals surface area contributed by atoms with E-state index in [-0.39, 0.29) is 35.6 Å². The van der Waals surface area contributed by atoms with Gasteiger partial charge in [0.2, 0.25) is 17.6 Å². The lowest BCUT2D eigenvalue weighted by atomic mass is 9.96. The summed E-state index contributed by atoms with van der Waals surface area (Å²) in [6, 6.07) is 62.4. The third-order valence-corrected chi connectivity index (χ3v) is 24.3. The summed E-state index contributed by atoms with van der Waals surface area (Å²) < 4.78 is 35.0. The number of pyridine rings is 1. The smallest absolute Gasteiger partial charge is 0.253 e. The number of rotatable bonds is 31. The number of aryl methyl sites for hydroxylation is 3. The zero-order valence-electron chi connectivity index (χ0n) is 69.8. The number of nitrogens with one attached hydrogen (secondary N) is 3. The second kappa shape index (κ2) is 42.0. The number of hydrogen-bond acceptors (Lipinski definition) is 16. The molecule has 0 unspecified atom stereocenters. The van der Waals surface area contributed by atoms with Gasteiger partial charge >= 0.3 is 0 Å². The lowest BCUT2D eigenvalue weighted by Crippen LogP contribution is -2.47. The molecule has 0 bridgehead atoms. The number of hydrogen-bond donors (Lipinski definition) is 3. The maximum absolute atomic E-state index is 13.3. The van der Waals surface area contributed by atoms with E-state index in [1.165, 1.54) is 0 Å². The molecule has 0 spiro atoms. The van der Waals surface area contributed by atoms with Gasteiger partial charge in [0.15, 0.2) is 0 Å². The van der Waals surface area contributed by atoms with Gasteiger partial charge < -0.3 is 72.7 Å². The molecule has 0 aliphatic carbocycles. The monoisotopic (exact) mass is 1710 g/mol. The predicted molar refractivity (Wildman–Crippen MR) is 485 cm³/mol. The normalized spacial score (nSPS) is 14.8. The molecule has 4 aliphatic rings. The van der Waals surface area contributed by atoms with Crippen molar-refractivity contribution in [2.24, 2.45) is 0 Å². The van der Waals surface area contributed by atoms with Gasteiger partial charge in [-0.2, -0.15) is 4.98 Å². The van der Waals surface area contributed by atoms with Gasteiger partial charge in [0.05, 0.1) is 61.0 Å². The second-order valence-electron chi connectivity index (χ2n) is 31.6. The lowest BCUT2D eigenvalue weighted by molar-refractivity contribution is -0.118. The summed E-state index contributed by atoms with van der Waals surface area (Å²) in [5.41, 5.74) is 10.7. The fourth-order valence-corrected chi connectivity index (χ4v) is 17.9. The number of para-hydroxylation sites is 5. The van der Waals surface area contributed by atoms with Crippen LogP contribution in [-0.2, 0) is 50.5 Å². The van der Waals surface area contributed by atoms with E-state index in [9.17, 15) is 19.2 Å². The van der Waals surface area contributed by atoms with Crippen LogP contribution in [0.2, 0.25) is 15.1 Å². The summed E-state index contributed by atoms with van der Waals surface area (Å²) in [5.74, 6) is 4.66. The SMILES string of the molecule is COc1cccc2c(C(=O)NCc3cccc(Cl)c3)cn(CCCN3CCC(N4C(=O)Cc5ccccc54)CC3)c12.COc1cccc2c(C(=O)NCc3cccc(Cl)c3)cn(CCCN3CCC(c4nc(-c5cccnc5)no4)CC3)c12.COc1cccc2c(C(=O)NCc3cccc(Cl)c3)cn(CCCN3CCN(CCOc4ccccc4)CC3)c12. The highest BCUT2D eigenvalue weighted by Crippen LogP contribution is 2.37. The molecule has 8 aromatic carbocycles. The van der Waals surface area contributed by atoms with Crippen LogP contribution in [-0.4, -0.2) is 185 Å². The molecule has 4 aliphatic heterocycles. The van der Waals surface area contributed by atoms with Crippen LogP contribution in [0.15, 0.2) is 230 Å². The highest BCUT2D eigenvalue weighted by Gasteiger charge is 2.35. The van der Waals surface area contributed by atoms with Gasteiger partial charge in [0, 0.05) is 171 Å². The Morgan fingerprint density at radius 2 is 0.894 bits per heavy atom. The molecule has 17 rings (SSSR count). The number of carbonyl (C=O) groups excluding carboxylic acids is 4. The lowest BCUT2D eigenvalue weighted by Gasteiger charge is -2.37. The first-order valence-electron chi connectivity index (χ1n) is 42.5. The minimum Gasteiger partial charge on any atom is -0.495 e. The summed E-state index contributed by atoms with van der Waals surface area (Å²) in [7, 11) is 5.01.